The summed E-state index contributed by atoms with van der Waals surface area (Å²) in [4.78, 5) is 12.8. The summed E-state index contributed by atoms with van der Waals surface area (Å²) in [6, 6.07) is 5.08. The van der Waals surface area contributed by atoms with Crippen LogP contribution in [0.3, 0.4) is 0 Å². The largest absolute Gasteiger partial charge is 0.372 e. The summed E-state index contributed by atoms with van der Waals surface area (Å²) in [5, 5.41) is 11.3. The summed E-state index contributed by atoms with van der Waals surface area (Å²) < 4.78 is 5.64. The van der Waals surface area contributed by atoms with Crippen molar-refractivity contribution in [3.8, 4) is 0 Å². The average molecular weight is 266 g/mol. The molecule has 1 aromatic rings. The van der Waals surface area contributed by atoms with E-state index in [2.05, 4.69) is 5.43 Å². The highest BCUT2D eigenvalue weighted by Crippen LogP contribution is 2.36. The molecule has 1 heterocycles. The Kier molecular flexibility index (Phi) is 3.87. The van der Waals surface area contributed by atoms with Gasteiger partial charge in [-0.1, -0.05) is 6.07 Å². The second-order valence-electron chi connectivity index (χ2n) is 4.74. The molecule has 0 bridgehead atoms. The second-order valence-corrected chi connectivity index (χ2v) is 4.74. The van der Waals surface area contributed by atoms with E-state index in [4.69, 9.17) is 10.6 Å². The molecule has 2 unspecified atom stereocenters. The van der Waals surface area contributed by atoms with E-state index >= 15 is 0 Å². The number of nitrogen functional groups attached to an aromatic ring is 1. The molecule has 104 valence electrons. The van der Waals surface area contributed by atoms with Gasteiger partial charge in [0, 0.05) is 13.1 Å². The van der Waals surface area contributed by atoms with Crippen LogP contribution in [-0.2, 0) is 4.74 Å². The molecule has 1 aliphatic heterocycles. The SMILES string of the molecule is CC1CN(c2cccc(NN)c2[N+](=O)[O-])CC(C)O1. The Bertz CT molecular complexity index is 470. The maximum absolute atomic E-state index is 11.3. The van der Waals surface area contributed by atoms with Crippen molar-refractivity contribution >= 4 is 17.1 Å². The van der Waals surface area contributed by atoms with Crippen LogP contribution in [0.1, 0.15) is 13.8 Å². The Balaban J connectivity index is 2.41. The van der Waals surface area contributed by atoms with Gasteiger partial charge >= 0.3 is 5.69 Å². The molecule has 1 aliphatic rings. The first-order valence-electron chi connectivity index (χ1n) is 6.17. The summed E-state index contributed by atoms with van der Waals surface area (Å²) in [5.41, 5.74) is 3.27. The third-order valence-electron chi connectivity index (χ3n) is 3.11. The smallest absolute Gasteiger partial charge is 0.316 e. The molecule has 2 rings (SSSR count). The van der Waals surface area contributed by atoms with Gasteiger partial charge in [0.25, 0.3) is 0 Å². The van der Waals surface area contributed by atoms with Crippen LogP contribution in [0.15, 0.2) is 18.2 Å². The van der Waals surface area contributed by atoms with E-state index in [-0.39, 0.29) is 17.9 Å². The number of ether oxygens (including phenoxy) is 1. The maximum atomic E-state index is 11.3. The number of hydrogen-bond acceptors (Lipinski definition) is 6. The van der Waals surface area contributed by atoms with Crippen molar-refractivity contribution in [2.45, 2.75) is 26.1 Å². The van der Waals surface area contributed by atoms with Crippen LogP contribution in [0.4, 0.5) is 17.1 Å². The number of anilines is 2. The number of hydrogen-bond donors (Lipinski definition) is 2. The van der Waals surface area contributed by atoms with Gasteiger partial charge in [0.2, 0.25) is 0 Å². The molecule has 7 heteroatoms. The van der Waals surface area contributed by atoms with E-state index in [0.29, 0.717) is 24.5 Å². The number of nitrogens with one attached hydrogen (secondary N) is 1. The van der Waals surface area contributed by atoms with Gasteiger partial charge in [-0.15, -0.1) is 0 Å². The third-order valence-corrected chi connectivity index (χ3v) is 3.11. The molecule has 1 fully saturated rings. The first-order chi connectivity index (χ1) is 9.02. The van der Waals surface area contributed by atoms with E-state index in [0.717, 1.165) is 0 Å². The maximum Gasteiger partial charge on any atom is 0.316 e. The standard InChI is InChI=1S/C12H18N4O3/c1-8-6-15(7-9(2)19-8)11-5-3-4-10(14-13)12(11)16(17)18/h3-5,8-9,14H,6-7,13H2,1-2H3. The van der Waals surface area contributed by atoms with Crippen LogP contribution in [0.2, 0.25) is 0 Å². The first kappa shape index (κ1) is 13.6. The van der Waals surface area contributed by atoms with Gasteiger partial charge < -0.3 is 15.1 Å². The van der Waals surface area contributed by atoms with Gasteiger partial charge in [0.1, 0.15) is 11.4 Å². The van der Waals surface area contributed by atoms with E-state index in [1.165, 1.54) is 0 Å². The Labute approximate surface area is 111 Å². The van der Waals surface area contributed by atoms with E-state index in [1.54, 1.807) is 18.2 Å². The minimum Gasteiger partial charge on any atom is -0.372 e. The molecule has 0 saturated carbocycles. The molecular formula is C12H18N4O3. The molecule has 0 radical (unpaired) electrons. The molecular weight excluding hydrogens is 248 g/mol. The molecule has 0 spiro atoms. The first-order valence-corrected chi connectivity index (χ1v) is 6.17. The van der Waals surface area contributed by atoms with Crippen molar-refractivity contribution in [1.82, 2.24) is 0 Å². The lowest BCUT2D eigenvalue weighted by Crippen LogP contribution is -2.45. The fourth-order valence-corrected chi connectivity index (χ4v) is 2.47. The summed E-state index contributed by atoms with van der Waals surface area (Å²) in [5.74, 6) is 5.34. The molecule has 1 saturated heterocycles. The third kappa shape index (κ3) is 2.77. The summed E-state index contributed by atoms with van der Waals surface area (Å²) in [7, 11) is 0. The van der Waals surface area contributed by atoms with Gasteiger partial charge in [-0.25, -0.2) is 0 Å². The highest BCUT2D eigenvalue weighted by Gasteiger charge is 2.29. The summed E-state index contributed by atoms with van der Waals surface area (Å²) >= 11 is 0. The van der Waals surface area contributed by atoms with E-state index in [9.17, 15) is 10.1 Å². The van der Waals surface area contributed by atoms with Crippen molar-refractivity contribution in [2.24, 2.45) is 5.84 Å². The van der Waals surface area contributed by atoms with Crippen LogP contribution in [0.25, 0.3) is 0 Å². The van der Waals surface area contributed by atoms with Gasteiger partial charge in [-0.05, 0) is 26.0 Å². The lowest BCUT2D eigenvalue weighted by atomic mass is 10.1. The normalized spacial score (nSPS) is 23.2. The Morgan fingerprint density at radius 2 is 2.05 bits per heavy atom. The van der Waals surface area contributed by atoms with Crippen molar-refractivity contribution in [2.75, 3.05) is 23.4 Å². The van der Waals surface area contributed by atoms with Crippen LogP contribution < -0.4 is 16.2 Å². The van der Waals surface area contributed by atoms with Gasteiger partial charge in [-0.2, -0.15) is 0 Å². The van der Waals surface area contributed by atoms with Crippen molar-refractivity contribution < 1.29 is 9.66 Å². The quantitative estimate of drug-likeness (QED) is 0.489. The molecule has 1 aromatic carbocycles. The fourth-order valence-electron chi connectivity index (χ4n) is 2.47. The molecule has 0 aromatic heterocycles. The lowest BCUT2D eigenvalue weighted by molar-refractivity contribution is -0.383. The predicted octanol–water partition coefficient (Wildman–Crippen LogP) is 1.49. The average Bonchev–Trinajstić information content (AvgIpc) is 2.36. The number of nitrogens with zero attached hydrogens (tertiary/aromatic N) is 2. The van der Waals surface area contributed by atoms with Gasteiger partial charge in [0.15, 0.2) is 0 Å². The Hall–Kier alpha value is -1.86. The molecule has 0 amide bonds. The Morgan fingerprint density at radius 1 is 1.42 bits per heavy atom. The van der Waals surface area contributed by atoms with Crippen LogP contribution in [-0.4, -0.2) is 30.2 Å². The highest BCUT2D eigenvalue weighted by molar-refractivity contribution is 5.76. The summed E-state index contributed by atoms with van der Waals surface area (Å²) in [6.45, 7) is 5.16. The molecule has 7 nitrogen and oxygen atoms in total. The summed E-state index contributed by atoms with van der Waals surface area (Å²) in [6.07, 6.45) is 0.0793. The minimum absolute atomic E-state index is 0.00583. The van der Waals surface area contributed by atoms with Crippen molar-refractivity contribution in [3.05, 3.63) is 28.3 Å². The number of nitro benzene ring substituents is 1. The zero-order chi connectivity index (χ0) is 14.0. The van der Waals surface area contributed by atoms with E-state index < -0.39 is 4.92 Å². The highest BCUT2D eigenvalue weighted by atomic mass is 16.6. The van der Waals surface area contributed by atoms with Crippen molar-refractivity contribution in [1.29, 1.82) is 0 Å². The number of hydrazine groups is 1. The minimum atomic E-state index is -0.407. The number of rotatable bonds is 3. The van der Waals surface area contributed by atoms with Crippen LogP contribution >= 0.6 is 0 Å². The number of para-hydroxylation sites is 1. The van der Waals surface area contributed by atoms with Gasteiger partial charge in [-0.3, -0.25) is 16.0 Å². The lowest BCUT2D eigenvalue weighted by Gasteiger charge is -2.36. The Morgan fingerprint density at radius 3 is 2.58 bits per heavy atom. The number of nitro groups is 1. The monoisotopic (exact) mass is 266 g/mol. The second kappa shape index (κ2) is 5.41. The van der Waals surface area contributed by atoms with Crippen LogP contribution in [0.5, 0.6) is 0 Å². The van der Waals surface area contributed by atoms with Crippen molar-refractivity contribution in [3.63, 3.8) is 0 Å². The zero-order valence-corrected chi connectivity index (χ0v) is 11.0. The molecule has 2 atom stereocenters. The molecule has 3 N–H and O–H groups in total. The van der Waals surface area contributed by atoms with E-state index in [1.807, 2.05) is 18.7 Å². The number of nitrogens with two attached hydrogens (primary N) is 1. The van der Waals surface area contributed by atoms with Gasteiger partial charge in [0.05, 0.1) is 17.1 Å². The fraction of sp³-hybridized carbons (Fsp3) is 0.500. The molecule has 19 heavy (non-hydrogen) atoms. The topological polar surface area (TPSA) is 93.7 Å². The predicted molar refractivity (Wildman–Crippen MR) is 73.1 cm³/mol. The van der Waals surface area contributed by atoms with Crippen LogP contribution in [0, 0.1) is 10.1 Å². The molecule has 0 aliphatic carbocycles. The number of morpholine rings is 1. The number of benzene rings is 1. The zero-order valence-electron chi connectivity index (χ0n) is 11.0.